The van der Waals surface area contributed by atoms with Crippen LogP contribution in [0.5, 0.6) is 5.75 Å². The Hall–Kier alpha value is -0.770. The number of hydrogen-bond acceptors (Lipinski definition) is 3. The first-order valence-electron chi connectivity index (χ1n) is 7.12. The van der Waals surface area contributed by atoms with Crippen molar-refractivity contribution in [1.29, 1.82) is 0 Å². The smallest absolute Gasteiger partial charge is 0.123 e. The molecule has 0 unspecified atom stereocenters. The molecular weight excluding hydrogens is 274 g/mol. The molecule has 1 aromatic rings. The highest BCUT2D eigenvalue weighted by atomic mass is 35.5. The van der Waals surface area contributed by atoms with E-state index in [0.29, 0.717) is 24.0 Å². The first-order chi connectivity index (χ1) is 9.28. The average Bonchev–Trinajstić information content (AvgIpc) is 2.30. The lowest BCUT2D eigenvalue weighted by molar-refractivity contribution is 0.0552. The summed E-state index contributed by atoms with van der Waals surface area (Å²) in [5.41, 5.74) is 0.344. The summed E-state index contributed by atoms with van der Waals surface area (Å²) in [4.78, 5) is 0. The number of nitrogens with one attached hydrogen (secondary N) is 1. The van der Waals surface area contributed by atoms with Crippen molar-refractivity contribution < 1.29 is 9.84 Å². The highest BCUT2D eigenvalue weighted by molar-refractivity contribution is 6.30. The van der Waals surface area contributed by atoms with Crippen LogP contribution < -0.4 is 10.1 Å². The van der Waals surface area contributed by atoms with E-state index < -0.39 is 5.60 Å². The molecule has 1 rings (SSSR count). The van der Waals surface area contributed by atoms with Crippen LogP contribution in [0.1, 0.15) is 39.7 Å². The van der Waals surface area contributed by atoms with E-state index >= 15 is 0 Å². The van der Waals surface area contributed by atoms with E-state index in [2.05, 4.69) is 19.2 Å². The maximum absolute atomic E-state index is 9.70. The largest absolute Gasteiger partial charge is 0.493 e. The van der Waals surface area contributed by atoms with Crippen molar-refractivity contribution in [1.82, 2.24) is 5.32 Å². The van der Waals surface area contributed by atoms with E-state index in [1.165, 1.54) is 0 Å². The lowest BCUT2D eigenvalue weighted by Gasteiger charge is -2.18. The van der Waals surface area contributed by atoms with Crippen LogP contribution in [0.25, 0.3) is 0 Å². The Balaban J connectivity index is 2.60. The summed E-state index contributed by atoms with van der Waals surface area (Å²) in [6.07, 6.45) is 0.592. The fourth-order valence-electron chi connectivity index (χ4n) is 1.73. The minimum Gasteiger partial charge on any atom is -0.493 e. The zero-order valence-corrected chi connectivity index (χ0v) is 13.6. The standard InChI is InChI=1S/C16H26ClNO2/c1-12(2)10-18-11-13-9-14(17)5-6-15(13)20-8-7-16(3,4)19/h5-6,9,12,18-19H,7-8,10-11H2,1-4H3. The molecule has 0 spiro atoms. The van der Waals surface area contributed by atoms with Gasteiger partial charge in [0.25, 0.3) is 0 Å². The van der Waals surface area contributed by atoms with Crippen molar-refractivity contribution in [3.8, 4) is 5.75 Å². The van der Waals surface area contributed by atoms with Gasteiger partial charge in [0.05, 0.1) is 12.2 Å². The van der Waals surface area contributed by atoms with Gasteiger partial charge in [0.1, 0.15) is 5.75 Å². The van der Waals surface area contributed by atoms with E-state index in [9.17, 15) is 5.11 Å². The lowest BCUT2D eigenvalue weighted by Crippen LogP contribution is -2.22. The van der Waals surface area contributed by atoms with Gasteiger partial charge in [-0.3, -0.25) is 0 Å². The average molecular weight is 300 g/mol. The molecule has 3 nitrogen and oxygen atoms in total. The van der Waals surface area contributed by atoms with Crippen molar-refractivity contribution in [3.05, 3.63) is 28.8 Å². The van der Waals surface area contributed by atoms with Crippen molar-refractivity contribution in [2.24, 2.45) is 5.92 Å². The Bertz CT molecular complexity index is 413. The second kappa shape index (κ2) is 7.87. The Kier molecular flexibility index (Phi) is 6.80. The molecule has 0 heterocycles. The third-order valence-electron chi connectivity index (χ3n) is 2.86. The van der Waals surface area contributed by atoms with Crippen LogP contribution in [0.2, 0.25) is 5.02 Å². The second-order valence-electron chi connectivity index (χ2n) is 6.19. The third kappa shape index (κ3) is 7.13. The van der Waals surface area contributed by atoms with Gasteiger partial charge >= 0.3 is 0 Å². The summed E-state index contributed by atoms with van der Waals surface area (Å²) in [5, 5.41) is 13.8. The van der Waals surface area contributed by atoms with Crippen molar-refractivity contribution >= 4 is 11.6 Å². The second-order valence-corrected chi connectivity index (χ2v) is 6.62. The maximum Gasteiger partial charge on any atom is 0.123 e. The summed E-state index contributed by atoms with van der Waals surface area (Å²) >= 11 is 6.04. The molecule has 0 aliphatic carbocycles. The van der Waals surface area contributed by atoms with E-state index in [4.69, 9.17) is 16.3 Å². The minimum atomic E-state index is -0.706. The molecule has 4 heteroatoms. The molecule has 0 aromatic heterocycles. The van der Waals surface area contributed by atoms with Gasteiger partial charge in [0.2, 0.25) is 0 Å². The zero-order valence-electron chi connectivity index (χ0n) is 12.9. The quantitative estimate of drug-likeness (QED) is 0.770. The minimum absolute atomic E-state index is 0.488. The fraction of sp³-hybridized carbons (Fsp3) is 0.625. The van der Waals surface area contributed by atoms with Crippen molar-refractivity contribution in [2.75, 3.05) is 13.2 Å². The molecule has 0 amide bonds. The van der Waals surface area contributed by atoms with Gasteiger partial charge in [0.15, 0.2) is 0 Å². The SMILES string of the molecule is CC(C)CNCc1cc(Cl)ccc1OCCC(C)(C)O. The summed E-state index contributed by atoms with van der Waals surface area (Å²) < 4.78 is 5.77. The van der Waals surface area contributed by atoms with Gasteiger partial charge in [0, 0.05) is 23.6 Å². The molecule has 0 atom stereocenters. The topological polar surface area (TPSA) is 41.5 Å². The normalized spacial score (nSPS) is 11.9. The van der Waals surface area contributed by atoms with Crippen molar-refractivity contribution in [3.63, 3.8) is 0 Å². The van der Waals surface area contributed by atoms with E-state index in [-0.39, 0.29) is 0 Å². The number of hydrogen-bond donors (Lipinski definition) is 2. The fourth-order valence-corrected chi connectivity index (χ4v) is 1.93. The Morgan fingerprint density at radius 2 is 2.05 bits per heavy atom. The first kappa shape index (κ1) is 17.3. The molecule has 114 valence electrons. The number of halogens is 1. The monoisotopic (exact) mass is 299 g/mol. The molecule has 0 radical (unpaired) electrons. The summed E-state index contributed by atoms with van der Waals surface area (Å²) in [7, 11) is 0. The summed E-state index contributed by atoms with van der Waals surface area (Å²) in [5.74, 6) is 1.43. The van der Waals surface area contributed by atoms with Gasteiger partial charge in [-0.25, -0.2) is 0 Å². The molecule has 20 heavy (non-hydrogen) atoms. The Labute approximate surface area is 127 Å². The third-order valence-corrected chi connectivity index (χ3v) is 3.10. The molecule has 0 aliphatic heterocycles. The molecule has 2 N–H and O–H groups in total. The van der Waals surface area contributed by atoms with Gasteiger partial charge in [-0.1, -0.05) is 25.4 Å². The number of ether oxygens (including phenoxy) is 1. The molecule has 0 fully saturated rings. The van der Waals surface area contributed by atoms with E-state index in [1.54, 1.807) is 13.8 Å². The van der Waals surface area contributed by atoms with E-state index in [0.717, 1.165) is 24.4 Å². The first-order valence-corrected chi connectivity index (χ1v) is 7.50. The molecule has 0 aliphatic rings. The number of benzene rings is 1. The molecular formula is C16H26ClNO2. The van der Waals surface area contributed by atoms with Gasteiger partial charge < -0.3 is 15.2 Å². The summed E-state index contributed by atoms with van der Waals surface area (Å²) in [6.45, 7) is 10.1. The van der Waals surface area contributed by atoms with Crippen LogP contribution in [0.3, 0.4) is 0 Å². The van der Waals surface area contributed by atoms with Gasteiger partial charge in [-0.05, 0) is 44.5 Å². The van der Waals surface area contributed by atoms with Crippen LogP contribution in [-0.4, -0.2) is 23.9 Å². The summed E-state index contributed by atoms with van der Waals surface area (Å²) in [6, 6.07) is 5.64. The van der Waals surface area contributed by atoms with Gasteiger partial charge in [-0.2, -0.15) is 0 Å². The van der Waals surface area contributed by atoms with Gasteiger partial charge in [-0.15, -0.1) is 0 Å². The van der Waals surface area contributed by atoms with Crippen LogP contribution in [0.4, 0.5) is 0 Å². The Morgan fingerprint density at radius 3 is 2.65 bits per heavy atom. The highest BCUT2D eigenvalue weighted by Gasteiger charge is 2.13. The molecule has 0 bridgehead atoms. The zero-order chi connectivity index (χ0) is 15.2. The van der Waals surface area contributed by atoms with Crippen LogP contribution >= 0.6 is 11.6 Å². The predicted molar refractivity (Wildman–Crippen MR) is 84.4 cm³/mol. The number of aliphatic hydroxyl groups is 1. The Morgan fingerprint density at radius 1 is 1.35 bits per heavy atom. The molecule has 0 saturated carbocycles. The molecule has 0 saturated heterocycles. The van der Waals surface area contributed by atoms with E-state index in [1.807, 2.05) is 18.2 Å². The predicted octanol–water partition coefficient (Wildman–Crippen LogP) is 3.63. The van der Waals surface area contributed by atoms with Crippen LogP contribution in [-0.2, 0) is 6.54 Å². The highest BCUT2D eigenvalue weighted by Crippen LogP contribution is 2.23. The van der Waals surface area contributed by atoms with Crippen molar-refractivity contribution in [2.45, 2.75) is 46.3 Å². The lowest BCUT2D eigenvalue weighted by atomic mass is 10.1. The van der Waals surface area contributed by atoms with Crippen LogP contribution in [0, 0.1) is 5.92 Å². The number of rotatable bonds is 8. The molecule has 1 aromatic carbocycles. The van der Waals surface area contributed by atoms with Crippen LogP contribution in [0.15, 0.2) is 18.2 Å². The maximum atomic E-state index is 9.70.